The summed E-state index contributed by atoms with van der Waals surface area (Å²) in [5.74, 6) is 1.74. The average molecular weight is 433 g/mol. The first-order chi connectivity index (χ1) is 13.9. The zero-order valence-electron chi connectivity index (χ0n) is 16.5. The van der Waals surface area contributed by atoms with Crippen molar-refractivity contribution in [3.05, 3.63) is 69.7 Å². The Kier molecular flexibility index (Phi) is 7.12. The minimum atomic E-state index is 0.320. The maximum Gasteiger partial charge on any atom is 0.147 e. The van der Waals surface area contributed by atoms with Crippen molar-refractivity contribution < 1.29 is 9.47 Å². The van der Waals surface area contributed by atoms with Gasteiger partial charge in [0, 0.05) is 10.6 Å². The summed E-state index contributed by atoms with van der Waals surface area (Å²) in [4.78, 5) is 0. The van der Waals surface area contributed by atoms with Crippen molar-refractivity contribution in [2.24, 2.45) is 5.10 Å². The fourth-order valence-corrected chi connectivity index (χ4v) is 3.31. The number of nitrogens with zero attached hydrogens (tertiary/aromatic N) is 4. The summed E-state index contributed by atoms with van der Waals surface area (Å²) in [7, 11) is 0. The van der Waals surface area contributed by atoms with Crippen LogP contribution in [-0.4, -0.2) is 34.3 Å². The molecule has 0 aliphatic carbocycles. The molecule has 0 aliphatic rings. The number of ether oxygens (including phenoxy) is 2. The van der Waals surface area contributed by atoms with Gasteiger partial charge in [0.05, 0.1) is 11.2 Å². The summed E-state index contributed by atoms with van der Waals surface area (Å²) < 4.78 is 13.3. The van der Waals surface area contributed by atoms with E-state index < -0.39 is 0 Å². The largest absolute Gasteiger partial charge is 0.490 e. The van der Waals surface area contributed by atoms with E-state index in [1.54, 1.807) is 18.3 Å². The summed E-state index contributed by atoms with van der Waals surface area (Å²) in [6.45, 7) is 7.03. The van der Waals surface area contributed by atoms with Crippen LogP contribution in [0.25, 0.3) is 0 Å². The first-order valence-corrected chi connectivity index (χ1v) is 9.94. The Bertz CT molecular complexity index is 989. The lowest BCUT2D eigenvalue weighted by atomic mass is 10.0. The maximum atomic E-state index is 6.34. The molecule has 0 spiro atoms. The highest BCUT2D eigenvalue weighted by Gasteiger charge is 2.11. The van der Waals surface area contributed by atoms with Gasteiger partial charge in [-0.25, -0.2) is 4.68 Å². The van der Waals surface area contributed by atoms with Crippen molar-refractivity contribution in [2.45, 2.75) is 26.7 Å². The van der Waals surface area contributed by atoms with Gasteiger partial charge in [-0.15, -0.1) is 10.2 Å². The van der Waals surface area contributed by atoms with E-state index in [1.807, 2.05) is 13.0 Å². The molecule has 8 heteroatoms. The lowest BCUT2D eigenvalue weighted by molar-refractivity contribution is 0.215. The molecule has 0 aliphatic heterocycles. The van der Waals surface area contributed by atoms with Crippen LogP contribution in [0.4, 0.5) is 0 Å². The van der Waals surface area contributed by atoms with Gasteiger partial charge in [0.1, 0.15) is 37.4 Å². The first kappa shape index (κ1) is 21.1. The maximum absolute atomic E-state index is 6.34. The molecular formula is C21H22Cl2N4O2. The van der Waals surface area contributed by atoms with Crippen molar-refractivity contribution in [2.75, 3.05) is 13.2 Å². The number of aryl methyl sites for hydroxylation is 1. The van der Waals surface area contributed by atoms with E-state index in [9.17, 15) is 0 Å². The lowest BCUT2D eigenvalue weighted by Crippen LogP contribution is -2.11. The Hall–Kier alpha value is -2.57. The van der Waals surface area contributed by atoms with E-state index in [0.29, 0.717) is 40.5 Å². The van der Waals surface area contributed by atoms with Gasteiger partial charge in [-0.3, -0.25) is 0 Å². The fraction of sp³-hybridized carbons (Fsp3) is 0.286. The van der Waals surface area contributed by atoms with E-state index in [1.165, 1.54) is 22.9 Å². The van der Waals surface area contributed by atoms with E-state index in [2.05, 4.69) is 41.3 Å². The highest BCUT2D eigenvalue weighted by molar-refractivity contribution is 6.36. The lowest BCUT2D eigenvalue weighted by Gasteiger charge is -2.16. The smallest absolute Gasteiger partial charge is 0.147 e. The molecule has 0 saturated carbocycles. The molecule has 0 N–H and O–H groups in total. The van der Waals surface area contributed by atoms with E-state index in [-0.39, 0.29) is 0 Å². The van der Waals surface area contributed by atoms with Gasteiger partial charge in [-0.05, 0) is 42.2 Å². The summed E-state index contributed by atoms with van der Waals surface area (Å²) in [5.41, 5.74) is 2.97. The van der Waals surface area contributed by atoms with E-state index in [4.69, 9.17) is 32.7 Å². The summed E-state index contributed by atoms with van der Waals surface area (Å²) >= 11 is 12.5. The number of hydrogen-bond donors (Lipinski definition) is 0. The average Bonchev–Trinajstić information content (AvgIpc) is 3.18. The Morgan fingerprint density at radius 2 is 1.79 bits per heavy atom. The van der Waals surface area contributed by atoms with Crippen molar-refractivity contribution >= 4 is 29.4 Å². The topological polar surface area (TPSA) is 61.5 Å². The molecule has 0 amide bonds. The Labute approximate surface area is 180 Å². The number of rotatable bonds is 8. The van der Waals surface area contributed by atoms with Crippen LogP contribution in [0.2, 0.25) is 10.0 Å². The molecule has 1 aromatic heterocycles. The van der Waals surface area contributed by atoms with Crippen LogP contribution >= 0.6 is 23.2 Å². The van der Waals surface area contributed by atoms with Gasteiger partial charge in [-0.1, -0.05) is 49.2 Å². The van der Waals surface area contributed by atoms with Gasteiger partial charge < -0.3 is 9.47 Å². The van der Waals surface area contributed by atoms with Crippen molar-refractivity contribution in [1.29, 1.82) is 0 Å². The van der Waals surface area contributed by atoms with Gasteiger partial charge in [-0.2, -0.15) is 5.10 Å². The van der Waals surface area contributed by atoms with Crippen LogP contribution in [-0.2, 0) is 0 Å². The second-order valence-electron chi connectivity index (χ2n) is 6.79. The summed E-state index contributed by atoms with van der Waals surface area (Å²) in [5, 5.41) is 12.5. The SMILES string of the molecule is Cc1ccc(C(C)C)c(OCCOc2c(Cl)cc(Cl)cc2/C=N/n2cnnc2)c1. The normalized spacial score (nSPS) is 11.4. The third-order valence-corrected chi connectivity index (χ3v) is 4.65. The predicted molar refractivity (Wildman–Crippen MR) is 116 cm³/mol. The first-order valence-electron chi connectivity index (χ1n) is 9.18. The minimum absolute atomic E-state index is 0.320. The minimum Gasteiger partial charge on any atom is -0.490 e. The van der Waals surface area contributed by atoms with Crippen LogP contribution in [0.3, 0.4) is 0 Å². The quantitative estimate of drug-likeness (QED) is 0.355. The van der Waals surface area contributed by atoms with E-state index in [0.717, 1.165) is 11.3 Å². The van der Waals surface area contributed by atoms with Gasteiger partial charge in [0.25, 0.3) is 0 Å². The standard InChI is InChI=1S/C21H22Cl2N4O2/c1-14(2)18-5-4-15(3)8-20(18)28-6-7-29-21-16(9-17(22)10-19(21)23)11-26-27-12-24-25-13-27/h4-5,8-14H,6-7H2,1-3H3/b26-11+. The molecule has 0 radical (unpaired) electrons. The van der Waals surface area contributed by atoms with Crippen LogP contribution in [0, 0.1) is 6.92 Å². The second kappa shape index (κ2) is 9.76. The van der Waals surface area contributed by atoms with Crippen LogP contribution in [0.1, 0.15) is 36.5 Å². The van der Waals surface area contributed by atoms with Gasteiger partial charge in [0.2, 0.25) is 0 Å². The monoisotopic (exact) mass is 432 g/mol. The van der Waals surface area contributed by atoms with Gasteiger partial charge >= 0.3 is 0 Å². The van der Waals surface area contributed by atoms with E-state index >= 15 is 0 Å². The third kappa shape index (κ3) is 5.71. The Morgan fingerprint density at radius 1 is 1.07 bits per heavy atom. The third-order valence-electron chi connectivity index (χ3n) is 4.15. The molecule has 152 valence electrons. The Morgan fingerprint density at radius 3 is 2.52 bits per heavy atom. The number of hydrogen-bond acceptors (Lipinski definition) is 5. The molecule has 0 fully saturated rings. The number of halogens is 2. The zero-order chi connectivity index (χ0) is 20.8. The highest BCUT2D eigenvalue weighted by atomic mass is 35.5. The molecule has 0 saturated heterocycles. The second-order valence-corrected chi connectivity index (χ2v) is 7.63. The number of aromatic nitrogens is 3. The molecular weight excluding hydrogens is 411 g/mol. The molecule has 0 unspecified atom stereocenters. The molecule has 6 nitrogen and oxygen atoms in total. The molecule has 1 heterocycles. The fourth-order valence-electron chi connectivity index (χ4n) is 2.75. The summed E-state index contributed by atoms with van der Waals surface area (Å²) in [6.07, 6.45) is 4.55. The van der Waals surface area contributed by atoms with Crippen molar-refractivity contribution in [1.82, 2.24) is 14.9 Å². The van der Waals surface area contributed by atoms with Crippen LogP contribution < -0.4 is 9.47 Å². The van der Waals surface area contributed by atoms with Crippen LogP contribution in [0.15, 0.2) is 48.1 Å². The van der Waals surface area contributed by atoms with Crippen LogP contribution in [0.5, 0.6) is 11.5 Å². The molecule has 3 rings (SSSR count). The molecule has 29 heavy (non-hydrogen) atoms. The molecule has 3 aromatic rings. The molecule has 0 bridgehead atoms. The van der Waals surface area contributed by atoms with Gasteiger partial charge in [0.15, 0.2) is 0 Å². The highest BCUT2D eigenvalue weighted by Crippen LogP contribution is 2.32. The molecule has 0 atom stereocenters. The van der Waals surface area contributed by atoms with Crippen molar-refractivity contribution in [3.8, 4) is 11.5 Å². The number of benzene rings is 2. The predicted octanol–water partition coefficient (Wildman–Crippen LogP) is 5.36. The Balaban J connectivity index is 1.69. The summed E-state index contributed by atoms with van der Waals surface area (Å²) in [6, 6.07) is 9.60. The molecule has 2 aromatic carbocycles. The van der Waals surface area contributed by atoms with Crippen molar-refractivity contribution in [3.63, 3.8) is 0 Å². The zero-order valence-corrected chi connectivity index (χ0v) is 18.0.